The van der Waals surface area contributed by atoms with E-state index in [0.717, 1.165) is 4.47 Å². The van der Waals surface area contributed by atoms with E-state index in [1.54, 1.807) is 6.07 Å². The van der Waals surface area contributed by atoms with E-state index in [1.807, 2.05) is 12.1 Å². The molecule has 0 bridgehead atoms. The Kier molecular flexibility index (Phi) is 4.02. The van der Waals surface area contributed by atoms with E-state index >= 15 is 0 Å². The topological polar surface area (TPSA) is 35.2 Å². The molecule has 0 aliphatic carbocycles. The third-order valence-electron chi connectivity index (χ3n) is 1.52. The monoisotopic (exact) mass is 247 g/mol. The molecule has 0 saturated heterocycles. The van der Waals surface area contributed by atoms with Crippen LogP contribution in [-0.2, 0) is 0 Å². The van der Waals surface area contributed by atoms with Crippen molar-refractivity contribution in [1.82, 2.24) is 0 Å². The van der Waals surface area contributed by atoms with E-state index < -0.39 is 0 Å². The van der Waals surface area contributed by atoms with Crippen molar-refractivity contribution < 1.29 is 9.13 Å². The number of nitrogen functional groups attached to an aromatic ring is 1. The molecule has 0 unspecified atom stereocenters. The van der Waals surface area contributed by atoms with Gasteiger partial charge in [0.15, 0.2) is 5.75 Å². The summed E-state index contributed by atoms with van der Waals surface area (Å²) in [6.07, 6.45) is 0.390. The molecule has 0 aliphatic rings. The molecule has 0 aliphatic heterocycles. The van der Waals surface area contributed by atoms with Gasteiger partial charge < -0.3 is 10.5 Å². The van der Waals surface area contributed by atoms with Gasteiger partial charge in [0.25, 0.3) is 0 Å². The van der Waals surface area contributed by atoms with Crippen molar-refractivity contribution >= 4 is 21.6 Å². The van der Waals surface area contributed by atoms with Crippen LogP contribution in [0.2, 0.25) is 0 Å². The predicted molar refractivity (Wildman–Crippen MR) is 54.6 cm³/mol. The van der Waals surface area contributed by atoms with Gasteiger partial charge >= 0.3 is 0 Å². The van der Waals surface area contributed by atoms with Crippen LogP contribution in [0.4, 0.5) is 10.1 Å². The summed E-state index contributed by atoms with van der Waals surface area (Å²) in [4.78, 5) is 0. The van der Waals surface area contributed by atoms with Crippen molar-refractivity contribution in [3.05, 3.63) is 22.7 Å². The standard InChI is InChI=1S/C9H11BrFNO/c10-7-3-1-4-8(12)9(7)13-6-2-5-11/h1,3-4H,2,5-6,12H2. The fourth-order valence-corrected chi connectivity index (χ4v) is 1.40. The summed E-state index contributed by atoms with van der Waals surface area (Å²) in [5.74, 6) is 0.593. The summed E-state index contributed by atoms with van der Waals surface area (Å²) >= 11 is 3.30. The average Bonchev–Trinajstić information content (AvgIpc) is 2.10. The SMILES string of the molecule is Nc1cccc(Br)c1OCCCF. The number of benzene rings is 1. The Hall–Kier alpha value is -0.770. The second-order valence-electron chi connectivity index (χ2n) is 2.55. The molecular formula is C9H11BrFNO. The minimum atomic E-state index is -0.371. The Balaban J connectivity index is 2.64. The van der Waals surface area contributed by atoms with Crippen molar-refractivity contribution in [1.29, 1.82) is 0 Å². The Morgan fingerprint density at radius 3 is 2.85 bits per heavy atom. The van der Waals surface area contributed by atoms with Crippen LogP contribution in [0.1, 0.15) is 6.42 Å². The van der Waals surface area contributed by atoms with Crippen LogP contribution in [-0.4, -0.2) is 13.3 Å². The third kappa shape index (κ3) is 2.88. The van der Waals surface area contributed by atoms with Crippen molar-refractivity contribution in [2.75, 3.05) is 19.0 Å². The molecular weight excluding hydrogens is 237 g/mol. The van der Waals surface area contributed by atoms with Crippen LogP contribution in [0.3, 0.4) is 0 Å². The highest BCUT2D eigenvalue weighted by Crippen LogP contribution is 2.30. The summed E-state index contributed by atoms with van der Waals surface area (Å²) in [5, 5.41) is 0. The fraction of sp³-hybridized carbons (Fsp3) is 0.333. The van der Waals surface area contributed by atoms with Crippen molar-refractivity contribution in [2.45, 2.75) is 6.42 Å². The Morgan fingerprint density at radius 2 is 2.23 bits per heavy atom. The van der Waals surface area contributed by atoms with Gasteiger partial charge in [-0.2, -0.15) is 0 Å². The maximum Gasteiger partial charge on any atom is 0.156 e. The van der Waals surface area contributed by atoms with E-state index in [0.29, 0.717) is 24.5 Å². The minimum absolute atomic E-state index is 0.351. The van der Waals surface area contributed by atoms with Crippen LogP contribution in [0.25, 0.3) is 0 Å². The summed E-state index contributed by atoms with van der Waals surface area (Å²) < 4.78 is 17.9. The highest BCUT2D eigenvalue weighted by Gasteiger charge is 2.03. The predicted octanol–water partition coefficient (Wildman–Crippen LogP) is 2.77. The van der Waals surface area contributed by atoms with Crippen molar-refractivity contribution in [3.63, 3.8) is 0 Å². The maximum atomic E-state index is 11.8. The smallest absolute Gasteiger partial charge is 0.156 e. The number of ether oxygens (including phenoxy) is 1. The molecule has 0 fully saturated rings. The van der Waals surface area contributed by atoms with Crippen LogP contribution < -0.4 is 10.5 Å². The average molecular weight is 248 g/mol. The second kappa shape index (κ2) is 5.07. The lowest BCUT2D eigenvalue weighted by atomic mass is 10.3. The first-order chi connectivity index (χ1) is 6.25. The number of hydrogen-bond acceptors (Lipinski definition) is 2. The van der Waals surface area contributed by atoms with Crippen LogP contribution >= 0.6 is 15.9 Å². The number of alkyl halides is 1. The van der Waals surface area contributed by atoms with Crippen LogP contribution in [0, 0.1) is 0 Å². The second-order valence-corrected chi connectivity index (χ2v) is 3.40. The van der Waals surface area contributed by atoms with Gasteiger partial charge in [0.05, 0.1) is 23.4 Å². The van der Waals surface area contributed by atoms with Crippen LogP contribution in [0.15, 0.2) is 22.7 Å². The van der Waals surface area contributed by atoms with Gasteiger partial charge in [-0.1, -0.05) is 6.07 Å². The zero-order valence-corrected chi connectivity index (χ0v) is 8.68. The fourth-order valence-electron chi connectivity index (χ4n) is 0.907. The van der Waals surface area contributed by atoms with Gasteiger partial charge in [-0.25, -0.2) is 0 Å². The lowest BCUT2D eigenvalue weighted by molar-refractivity contribution is 0.289. The summed E-state index contributed by atoms with van der Waals surface area (Å²) in [7, 11) is 0. The maximum absolute atomic E-state index is 11.8. The van der Waals surface area contributed by atoms with Gasteiger partial charge in [-0.15, -0.1) is 0 Å². The molecule has 13 heavy (non-hydrogen) atoms. The minimum Gasteiger partial charge on any atom is -0.490 e. The molecule has 0 amide bonds. The zero-order chi connectivity index (χ0) is 9.68. The summed E-state index contributed by atoms with van der Waals surface area (Å²) in [6.45, 7) is -0.0202. The van der Waals surface area contributed by atoms with E-state index in [2.05, 4.69) is 15.9 Å². The number of anilines is 1. The first-order valence-corrected chi connectivity index (χ1v) is 4.77. The molecule has 0 atom stereocenters. The van der Waals surface area contributed by atoms with Gasteiger partial charge in [0.1, 0.15) is 0 Å². The van der Waals surface area contributed by atoms with E-state index in [9.17, 15) is 4.39 Å². The largest absolute Gasteiger partial charge is 0.490 e. The molecule has 0 heterocycles. The Labute approximate surface area is 85.0 Å². The molecule has 72 valence electrons. The Morgan fingerprint density at radius 1 is 1.46 bits per heavy atom. The van der Waals surface area contributed by atoms with Gasteiger partial charge in [0, 0.05) is 6.42 Å². The van der Waals surface area contributed by atoms with Crippen molar-refractivity contribution in [3.8, 4) is 5.75 Å². The van der Waals surface area contributed by atoms with Crippen LogP contribution in [0.5, 0.6) is 5.75 Å². The number of para-hydroxylation sites is 1. The van der Waals surface area contributed by atoms with E-state index in [1.165, 1.54) is 0 Å². The normalized spacial score (nSPS) is 10.0. The molecule has 1 rings (SSSR count). The molecule has 0 spiro atoms. The molecule has 2 N–H and O–H groups in total. The number of hydrogen-bond donors (Lipinski definition) is 1. The number of rotatable bonds is 4. The first-order valence-electron chi connectivity index (χ1n) is 3.98. The highest BCUT2D eigenvalue weighted by molar-refractivity contribution is 9.10. The summed E-state index contributed by atoms with van der Waals surface area (Å²) in [6, 6.07) is 5.40. The lowest BCUT2D eigenvalue weighted by Crippen LogP contribution is -2.01. The van der Waals surface area contributed by atoms with E-state index in [-0.39, 0.29) is 6.67 Å². The number of halogens is 2. The molecule has 0 saturated carbocycles. The molecule has 1 aromatic carbocycles. The highest BCUT2D eigenvalue weighted by atomic mass is 79.9. The zero-order valence-electron chi connectivity index (χ0n) is 7.09. The van der Waals surface area contributed by atoms with Gasteiger partial charge in [-0.05, 0) is 28.1 Å². The molecule has 0 aromatic heterocycles. The first kappa shape index (κ1) is 10.3. The van der Waals surface area contributed by atoms with Gasteiger partial charge in [0.2, 0.25) is 0 Å². The Bertz CT molecular complexity index is 260. The molecule has 4 heteroatoms. The van der Waals surface area contributed by atoms with Crippen molar-refractivity contribution in [2.24, 2.45) is 0 Å². The molecule has 0 radical (unpaired) electrons. The molecule has 1 aromatic rings. The van der Waals surface area contributed by atoms with Gasteiger partial charge in [-0.3, -0.25) is 4.39 Å². The number of nitrogens with two attached hydrogens (primary N) is 1. The molecule has 2 nitrogen and oxygen atoms in total. The lowest BCUT2D eigenvalue weighted by Gasteiger charge is -2.09. The summed E-state index contributed by atoms with van der Waals surface area (Å²) in [5.41, 5.74) is 6.22. The third-order valence-corrected chi connectivity index (χ3v) is 2.15. The van der Waals surface area contributed by atoms with E-state index in [4.69, 9.17) is 10.5 Å². The quantitative estimate of drug-likeness (QED) is 0.656.